The standard InChI is InChI=1S/C26H15ClF5N5O2/c27-19-2-1-15(28)8-17(19)22-21-18(24(39)37-22)5-11(13-9-34-25(33)35-10-13)6-20(21)36-23(38)12-3-14(26(30,31)32)7-16(29)4-12/h1-10,22H,(H,36,38)(H,37,39)(H2,33,34,35). The van der Waals surface area contributed by atoms with Crippen molar-refractivity contribution in [3.63, 3.8) is 0 Å². The maximum absolute atomic E-state index is 14.1. The summed E-state index contributed by atoms with van der Waals surface area (Å²) >= 11 is 6.28. The molecular formula is C26H15ClF5N5O2. The number of alkyl halides is 3. The quantitative estimate of drug-likeness (QED) is 0.275. The van der Waals surface area contributed by atoms with Crippen LogP contribution in [0.15, 0.2) is 60.9 Å². The van der Waals surface area contributed by atoms with Crippen LogP contribution in [0.5, 0.6) is 0 Å². The molecule has 39 heavy (non-hydrogen) atoms. The third-order valence-corrected chi connectivity index (χ3v) is 6.34. The van der Waals surface area contributed by atoms with Crippen LogP contribution in [-0.4, -0.2) is 21.8 Å². The van der Waals surface area contributed by atoms with E-state index in [4.69, 9.17) is 17.3 Å². The number of nitrogens with two attached hydrogens (primary N) is 1. The maximum atomic E-state index is 14.1. The van der Waals surface area contributed by atoms with Crippen molar-refractivity contribution in [2.24, 2.45) is 0 Å². The normalized spacial score (nSPS) is 14.6. The number of fused-ring (bicyclic) bond motifs is 1. The Morgan fingerprint density at radius 3 is 2.38 bits per heavy atom. The van der Waals surface area contributed by atoms with Gasteiger partial charge in [-0.2, -0.15) is 13.2 Å². The van der Waals surface area contributed by atoms with Crippen molar-refractivity contribution in [1.82, 2.24) is 15.3 Å². The second-order valence-corrected chi connectivity index (χ2v) is 8.97. The van der Waals surface area contributed by atoms with Crippen LogP contribution in [0, 0.1) is 11.6 Å². The second kappa shape index (κ2) is 9.62. The Kier molecular flexibility index (Phi) is 6.43. The van der Waals surface area contributed by atoms with Gasteiger partial charge in [-0.3, -0.25) is 9.59 Å². The topological polar surface area (TPSA) is 110 Å². The average molecular weight is 560 g/mol. The lowest BCUT2D eigenvalue weighted by molar-refractivity contribution is -0.137. The first-order valence-corrected chi connectivity index (χ1v) is 11.5. The average Bonchev–Trinajstić information content (AvgIpc) is 3.21. The highest BCUT2D eigenvalue weighted by molar-refractivity contribution is 6.31. The molecule has 0 spiro atoms. The smallest absolute Gasteiger partial charge is 0.368 e. The number of rotatable bonds is 4. The molecule has 3 aromatic carbocycles. The Morgan fingerprint density at radius 2 is 1.69 bits per heavy atom. The first-order valence-electron chi connectivity index (χ1n) is 11.1. The Morgan fingerprint density at radius 1 is 0.974 bits per heavy atom. The molecule has 0 bridgehead atoms. The lowest BCUT2D eigenvalue weighted by atomic mass is 9.93. The van der Waals surface area contributed by atoms with E-state index < -0.39 is 46.8 Å². The van der Waals surface area contributed by atoms with E-state index in [-0.39, 0.29) is 39.4 Å². The van der Waals surface area contributed by atoms with Gasteiger partial charge in [0.25, 0.3) is 11.8 Å². The molecule has 2 amide bonds. The molecule has 4 N–H and O–H groups in total. The van der Waals surface area contributed by atoms with E-state index in [1.165, 1.54) is 30.6 Å². The number of benzene rings is 3. The predicted molar refractivity (Wildman–Crippen MR) is 132 cm³/mol. The summed E-state index contributed by atoms with van der Waals surface area (Å²) < 4.78 is 67.8. The van der Waals surface area contributed by atoms with E-state index >= 15 is 0 Å². The number of anilines is 2. The van der Waals surface area contributed by atoms with Gasteiger partial charge in [-0.15, -0.1) is 0 Å². The van der Waals surface area contributed by atoms with Crippen LogP contribution in [0.1, 0.15) is 43.4 Å². The minimum Gasteiger partial charge on any atom is -0.368 e. The number of hydrogen-bond donors (Lipinski definition) is 3. The monoisotopic (exact) mass is 559 g/mol. The summed E-state index contributed by atoms with van der Waals surface area (Å²) in [5.74, 6) is -3.60. The number of aromatic nitrogens is 2. The van der Waals surface area contributed by atoms with Crippen molar-refractivity contribution in [2.45, 2.75) is 12.2 Å². The van der Waals surface area contributed by atoms with Crippen molar-refractivity contribution < 1.29 is 31.5 Å². The van der Waals surface area contributed by atoms with Crippen LogP contribution in [-0.2, 0) is 6.18 Å². The minimum absolute atomic E-state index is 0.0152. The molecule has 2 heterocycles. The highest BCUT2D eigenvalue weighted by Crippen LogP contribution is 2.42. The van der Waals surface area contributed by atoms with Gasteiger partial charge >= 0.3 is 6.18 Å². The van der Waals surface area contributed by atoms with E-state index in [2.05, 4.69) is 20.6 Å². The first-order chi connectivity index (χ1) is 18.4. The molecule has 1 aliphatic rings. The fraction of sp³-hybridized carbons (Fsp3) is 0.0769. The molecule has 198 valence electrons. The van der Waals surface area contributed by atoms with Crippen molar-refractivity contribution >= 4 is 35.1 Å². The molecule has 1 unspecified atom stereocenters. The number of nitrogen functional groups attached to an aromatic ring is 1. The third kappa shape index (κ3) is 5.10. The summed E-state index contributed by atoms with van der Waals surface area (Å²) in [6.07, 6.45) is -2.17. The van der Waals surface area contributed by atoms with Gasteiger partial charge in [0.05, 0.1) is 11.6 Å². The maximum Gasteiger partial charge on any atom is 0.416 e. The number of hydrogen-bond acceptors (Lipinski definition) is 5. The van der Waals surface area contributed by atoms with Gasteiger partial charge in [0.15, 0.2) is 0 Å². The number of halogens is 6. The Balaban J connectivity index is 1.66. The van der Waals surface area contributed by atoms with Crippen molar-refractivity contribution in [3.05, 3.63) is 105 Å². The highest BCUT2D eigenvalue weighted by Gasteiger charge is 2.36. The van der Waals surface area contributed by atoms with Gasteiger partial charge in [0.2, 0.25) is 5.95 Å². The van der Waals surface area contributed by atoms with Crippen LogP contribution in [0.2, 0.25) is 5.02 Å². The Labute approximate surface area is 221 Å². The summed E-state index contributed by atoms with van der Waals surface area (Å²) in [7, 11) is 0. The van der Waals surface area contributed by atoms with Crippen LogP contribution in [0.25, 0.3) is 11.1 Å². The molecule has 1 aliphatic heterocycles. The Hall–Kier alpha value is -4.58. The number of nitrogens with one attached hydrogen (secondary N) is 2. The molecule has 0 radical (unpaired) electrons. The molecule has 5 rings (SSSR count). The van der Waals surface area contributed by atoms with Gasteiger partial charge in [0, 0.05) is 50.9 Å². The van der Waals surface area contributed by atoms with Crippen molar-refractivity contribution in [2.75, 3.05) is 11.1 Å². The van der Waals surface area contributed by atoms with Crippen molar-refractivity contribution in [3.8, 4) is 11.1 Å². The lowest BCUT2D eigenvalue weighted by Crippen LogP contribution is -2.21. The van der Waals surface area contributed by atoms with Crippen LogP contribution < -0.4 is 16.4 Å². The molecule has 0 fully saturated rings. The zero-order valence-corrected chi connectivity index (χ0v) is 20.2. The fourth-order valence-electron chi connectivity index (χ4n) is 4.24. The van der Waals surface area contributed by atoms with Gasteiger partial charge in [0.1, 0.15) is 11.6 Å². The van der Waals surface area contributed by atoms with E-state index in [0.717, 1.165) is 12.1 Å². The summed E-state index contributed by atoms with van der Waals surface area (Å²) in [4.78, 5) is 33.9. The SMILES string of the molecule is Nc1ncc(-c2cc(NC(=O)c3cc(F)cc(C(F)(F)F)c3)c3c(c2)C(=O)NC3c2cc(F)ccc2Cl)cn1. The minimum atomic E-state index is -4.90. The molecule has 4 aromatic rings. The number of amides is 2. The Bertz CT molecular complexity index is 1640. The molecule has 0 aliphatic carbocycles. The largest absolute Gasteiger partial charge is 0.416 e. The first kappa shape index (κ1) is 26.0. The molecule has 7 nitrogen and oxygen atoms in total. The van der Waals surface area contributed by atoms with E-state index in [9.17, 15) is 31.5 Å². The lowest BCUT2D eigenvalue weighted by Gasteiger charge is -2.19. The van der Waals surface area contributed by atoms with Crippen LogP contribution in [0.3, 0.4) is 0 Å². The fourth-order valence-corrected chi connectivity index (χ4v) is 4.46. The highest BCUT2D eigenvalue weighted by atomic mass is 35.5. The molecule has 13 heteroatoms. The van der Waals surface area contributed by atoms with Gasteiger partial charge < -0.3 is 16.4 Å². The summed E-state index contributed by atoms with van der Waals surface area (Å²) in [5.41, 5.74) is 4.71. The van der Waals surface area contributed by atoms with Crippen molar-refractivity contribution in [1.29, 1.82) is 0 Å². The van der Waals surface area contributed by atoms with Crippen LogP contribution in [0.4, 0.5) is 33.6 Å². The molecular weight excluding hydrogens is 545 g/mol. The summed E-state index contributed by atoms with van der Waals surface area (Å²) in [6, 6.07) is 6.81. The van der Waals surface area contributed by atoms with Gasteiger partial charge in [-0.25, -0.2) is 18.7 Å². The third-order valence-electron chi connectivity index (χ3n) is 6.00. The molecule has 1 aromatic heterocycles. The zero-order valence-electron chi connectivity index (χ0n) is 19.4. The number of nitrogens with zero attached hydrogens (tertiary/aromatic N) is 2. The van der Waals surface area contributed by atoms with Gasteiger partial charge in [-0.1, -0.05) is 11.6 Å². The van der Waals surface area contributed by atoms with E-state index in [0.29, 0.717) is 23.3 Å². The molecule has 1 atom stereocenters. The van der Waals surface area contributed by atoms with Crippen LogP contribution >= 0.6 is 11.6 Å². The predicted octanol–water partition coefficient (Wildman–Crippen LogP) is 5.76. The zero-order chi connectivity index (χ0) is 28.1. The summed E-state index contributed by atoms with van der Waals surface area (Å²) in [5, 5.41) is 5.27. The van der Waals surface area contributed by atoms with E-state index in [1.807, 2.05) is 0 Å². The molecule has 0 saturated heterocycles. The number of carbonyl (C=O) groups excluding carboxylic acids is 2. The van der Waals surface area contributed by atoms with Gasteiger partial charge in [-0.05, 0) is 54.1 Å². The summed E-state index contributed by atoms with van der Waals surface area (Å²) in [6.45, 7) is 0. The van der Waals surface area contributed by atoms with E-state index in [1.54, 1.807) is 0 Å². The number of carbonyl (C=O) groups is 2. The molecule has 0 saturated carbocycles. The second-order valence-electron chi connectivity index (χ2n) is 8.57.